The number of aromatic nitrogens is 2. The summed E-state index contributed by atoms with van der Waals surface area (Å²) >= 11 is 0. The summed E-state index contributed by atoms with van der Waals surface area (Å²) in [6.45, 7) is 3.03. The monoisotopic (exact) mass is 361 g/mol. The number of carbonyl (C=O) groups excluding carboxylic acids is 3. The average Bonchev–Trinajstić information content (AvgIpc) is 3.28. The van der Waals surface area contributed by atoms with E-state index in [2.05, 4.69) is 9.97 Å². The molecule has 1 atom stereocenters. The van der Waals surface area contributed by atoms with E-state index in [9.17, 15) is 14.4 Å². The van der Waals surface area contributed by atoms with E-state index in [4.69, 9.17) is 0 Å². The number of nitrogens with zero attached hydrogens (tertiary/aromatic N) is 4. The number of hydrogen-bond donors (Lipinski definition) is 1. The van der Waals surface area contributed by atoms with E-state index in [0.29, 0.717) is 45.4 Å². The maximum Gasteiger partial charge on any atom is 0.227 e. The molecule has 2 fully saturated rings. The second kappa shape index (κ2) is 8.33. The second-order valence-electron chi connectivity index (χ2n) is 7.14. The summed E-state index contributed by atoms with van der Waals surface area (Å²) in [5.41, 5.74) is 0. The normalized spacial score (nSPS) is 20.7. The molecule has 142 valence electrons. The summed E-state index contributed by atoms with van der Waals surface area (Å²) < 4.78 is 0. The lowest BCUT2D eigenvalue weighted by molar-refractivity contribution is -0.142. The fourth-order valence-corrected chi connectivity index (χ4v) is 3.72. The lowest BCUT2D eigenvalue weighted by atomic mass is 9.96. The summed E-state index contributed by atoms with van der Waals surface area (Å²) in [6, 6.07) is 0. The molecule has 3 rings (SSSR count). The molecule has 1 aromatic rings. The maximum absolute atomic E-state index is 12.7. The van der Waals surface area contributed by atoms with E-state index in [1.54, 1.807) is 29.2 Å². The van der Waals surface area contributed by atoms with Crippen LogP contribution in [0, 0.1) is 5.92 Å². The Bertz CT molecular complexity index is 645. The first-order chi connectivity index (χ1) is 12.5. The van der Waals surface area contributed by atoms with Crippen LogP contribution in [0.3, 0.4) is 0 Å². The van der Waals surface area contributed by atoms with Crippen molar-refractivity contribution in [3.63, 3.8) is 0 Å². The second-order valence-corrected chi connectivity index (χ2v) is 7.14. The number of amides is 3. The fourth-order valence-electron chi connectivity index (χ4n) is 3.72. The van der Waals surface area contributed by atoms with Gasteiger partial charge >= 0.3 is 0 Å². The van der Waals surface area contributed by atoms with Crippen LogP contribution >= 0.6 is 0 Å². The van der Waals surface area contributed by atoms with Crippen molar-refractivity contribution in [2.24, 2.45) is 5.92 Å². The predicted octanol–water partition coefficient (Wildman–Crippen LogP) is 0.619. The summed E-state index contributed by atoms with van der Waals surface area (Å²) in [7, 11) is 1.77. The fraction of sp³-hybridized carbons (Fsp3) is 0.667. The van der Waals surface area contributed by atoms with E-state index in [1.165, 1.54) is 0 Å². The maximum atomic E-state index is 12.7. The van der Waals surface area contributed by atoms with E-state index in [-0.39, 0.29) is 23.6 Å². The summed E-state index contributed by atoms with van der Waals surface area (Å²) in [5.74, 6) is 0.952. The first kappa shape index (κ1) is 18.4. The van der Waals surface area contributed by atoms with Crippen LogP contribution in [-0.4, -0.2) is 75.6 Å². The molecule has 26 heavy (non-hydrogen) atoms. The Balaban J connectivity index is 1.47. The van der Waals surface area contributed by atoms with Gasteiger partial charge in [0.1, 0.15) is 5.82 Å². The molecule has 0 radical (unpaired) electrons. The Morgan fingerprint density at radius 1 is 1.27 bits per heavy atom. The standard InChI is InChI=1S/C18H27N5O3/c1-21(13-15-19-7-8-20-15)18(26)14-5-6-17(25)23(12-14)11-3-10-22-9-2-4-16(22)24/h7-8,14H,2-6,9-13H2,1H3,(H,19,20)/t14-/m1/s1. The minimum atomic E-state index is -0.166. The highest BCUT2D eigenvalue weighted by Crippen LogP contribution is 2.20. The van der Waals surface area contributed by atoms with E-state index < -0.39 is 0 Å². The summed E-state index contributed by atoms with van der Waals surface area (Å²) in [5, 5.41) is 0. The first-order valence-corrected chi connectivity index (χ1v) is 9.33. The van der Waals surface area contributed by atoms with Crippen molar-refractivity contribution in [2.75, 3.05) is 33.2 Å². The molecule has 0 unspecified atom stereocenters. The Kier molecular flexibility index (Phi) is 5.90. The SMILES string of the molecule is CN(Cc1ncc[nH]1)C(=O)[C@@H]1CCC(=O)N(CCCN2CCCC2=O)C1. The predicted molar refractivity (Wildman–Crippen MR) is 94.8 cm³/mol. The van der Waals surface area contributed by atoms with Gasteiger partial charge in [0.05, 0.1) is 12.5 Å². The molecule has 1 N–H and O–H groups in total. The molecule has 1 aromatic heterocycles. The number of nitrogens with one attached hydrogen (secondary N) is 1. The zero-order chi connectivity index (χ0) is 18.5. The molecular weight excluding hydrogens is 334 g/mol. The van der Waals surface area contributed by atoms with Crippen molar-refractivity contribution in [3.8, 4) is 0 Å². The van der Waals surface area contributed by atoms with Crippen molar-refractivity contribution < 1.29 is 14.4 Å². The molecule has 0 bridgehead atoms. The molecule has 2 aliphatic rings. The lowest BCUT2D eigenvalue weighted by Crippen LogP contribution is -2.46. The highest BCUT2D eigenvalue weighted by atomic mass is 16.2. The number of likely N-dealkylation sites (tertiary alicyclic amines) is 2. The van der Waals surface area contributed by atoms with Crippen LogP contribution in [0.15, 0.2) is 12.4 Å². The molecule has 3 amide bonds. The Morgan fingerprint density at radius 2 is 2.04 bits per heavy atom. The van der Waals surface area contributed by atoms with E-state index in [0.717, 1.165) is 25.2 Å². The van der Waals surface area contributed by atoms with Crippen molar-refractivity contribution in [3.05, 3.63) is 18.2 Å². The summed E-state index contributed by atoms with van der Waals surface area (Å²) in [6.07, 6.45) is 6.75. The van der Waals surface area contributed by atoms with Crippen molar-refractivity contribution >= 4 is 17.7 Å². The lowest BCUT2D eigenvalue weighted by Gasteiger charge is -2.34. The van der Waals surface area contributed by atoms with Crippen LogP contribution in [0.4, 0.5) is 0 Å². The molecular formula is C18H27N5O3. The minimum absolute atomic E-state index is 0.0496. The Labute approximate surface area is 153 Å². The van der Waals surface area contributed by atoms with Crippen LogP contribution in [-0.2, 0) is 20.9 Å². The third kappa shape index (κ3) is 4.42. The van der Waals surface area contributed by atoms with Gasteiger partial charge in [0.25, 0.3) is 0 Å². The molecule has 0 aromatic carbocycles. The summed E-state index contributed by atoms with van der Waals surface area (Å²) in [4.78, 5) is 49.0. The van der Waals surface area contributed by atoms with Gasteiger partial charge in [-0.05, 0) is 19.3 Å². The van der Waals surface area contributed by atoms with Gasteiger partial charge in [0.2, 0.25) is 17.7 Å². The number of imidazole rings is 1. The van der Waals surface area contributed by atoms with Crippen LogP contribution in [0.1, 0.15) is 37.9 Å². The zero-order valence-electron chi connectivity index (χ0n) is 15.3. The average molecular weight is 361 g/mol. The topological polar surface area (TPSA) is 89.6 Å². The molecule has 0 aliphatic carbocycles. The number of H-pyrrole nitrogens is 1. The Hall–Kier alpha value is -2.38. The molecule has 8 nitrogen and oxygen atoms in total. The highest BCUT2D eigenvalue weighted by Gasteiger charge is 2.32. The zero-order valence-corrected chi connectivity index (χ0v) is 15.3. The van der Waals surface area contributed by atoms with Crippen molar-refractivity contribution in [2.45, 2.75) is 38.6 Å². The number of hydrogen-bond acceptors (Lipinski definition) is 4. The highest BCUT2D eigenvalue weighted by molar-refractivity contribution is 5.83. The largest absolute Gasteiger partial charge is 0.347 e. The number of piperidine rings is 1. The van der Waals surface area contributed by atoms with Crippen LogP contribution < -0.4 is 0 Å². The van der Waals surface area contributed by atoms with Gasteiger partial charge in [0.15, 0.2) is 0 Å². The molecule has 0 spiro atoms. The van der Waals surface area contributed by atoms with Gasteiger partial charge < -0.3 is 19.7 Å². The van der Waals surface area contributed by atoms with Gasteiger partial charge in [-0.1, -0.05) is 0 Å². The third-order valence-corrected chi connectivity index (χ3v) is 5.19. The van der Waals surface area contributed by atoms with Crippen molar-refractivity contribution in [1.82, 2.24) is 24.7 Å². The molecule has 3 heterocycles. The Morgan fingerprint density at radius 3 is 2.73 bits per heavy atom. The number of aromatic amines is 1. The first-order valence-electron chi connectivity index (χ1n) is 9.33. The third-order valence-electron chi connectivity index (χ3n) is 5.19. The van der Waals surface area contributed by atoms with Crippen molar-refractivity contribution in [1.29, 1.82) is 0 Å². The smallest absolute Gasteiger partial charge is 0.227 e. The van der Waals surface area contributed by atoms with E-state index >= 15 is 0 Å². The van der Waals surface area contributed by atoms with Gasteiger partial charge in [-0.15, -0.1) is 0 Å². The molecule has 0 saturated carbocycles. The van der Waals surface area contributed by atoms with E-state index in [1.807, 2.05) is 4.90 Å². The van der Waals surface area contributed by atoms with Crippen LogP contribution in [0.25, 0.3) is 0 Å². The quantitative estimate of drug-likeness (QED) is 0.771. The molecule has 2 saturated heterocycles. The van der Waals surface area contributed by atoms with Gasteiger partial charge in [0, 0.05) is 58.5 Å². The minimum Gasteiger partial charge on any atom is -0.347 e. The van der Waals surface area contributed by atoms with Gasteiger partial charge in [-0.3, -0.25) is 14.4 Å². The number of rotatable bonds is 7. The van der Waals surface area contributed by atoms with Gasteiger partial charge in [-0.25, -0.2) is 4.98 Å². The van der Waals surface area contributed by atoms with Crippen LogP contribution in [0.2, 0.25) is 0 Å². The molecule has 2 aliphatic heterocycles. The number of carbonyl (C=O) groups is 3. The van der Waals surface area contributed by atoms with Crippen LogP contribution in [0.5, 0.6) is 0 Å². The van der Waals surface area contributed by atoms with Gasteiger partial charge in [-0.2, -0.15) is 0 Å². The molecule has 8 heteroatoms.